The first-order valence-electron chi connectivity index (χ1n) is 5.63. The second kappa shape index (κ2) is 4.33. The molecular weight excluding hydrogens is 190 g/mol. The summed E-state index contributed by atoms with van der Waals surface area (Å²) in [5.74, 6) is 0.468. The lowest BCUT2D eigenvalue weighted by atomic mass is 10.0. The molecule has 1 aromatic rings. The van der Waals surface area contributed by atoms with Crippen LogP contribution in [-0.2, 0) is 11.3 Å². The van der Waals surface area contributed by atoms with Crippen LogP contribution in [0.25, 0.3) is 0 Å². The third-order valence-electron chi connectivity index (χ3n) is 2.94. The Morgan fingerprint density at radius 2 is 2.53 bits per heavy atom. The second-order valence-electron chi connectivity index (χ2n) is 4.16. The van der Waals surface area contributed by atoms with E-state index in [-0.39, 0.29) is 6.04 Å². The molecule has 4 nitrogen and oxygen atoms in total. The van der Waals surface area contributed by atoms with Gasteiger partial charge in [-0.05, 0) is 26.3 Å². The molecule has 2 heterocycles. The summed E-state index contributed by atoms with van der Waals surface area (Å²) in [5.41, 5.74) is 8.17. The van der Waals surface area contributed by atoms with Gasteiger partial charge in [0.2, 0.25) is 0 Å². The summed E-state index contributed by atoms with van der Waals surface area (Å²) in [5, 5.41) is 4.59. The van der Waals surface area contributed by atoms with E-state index in [0.717, 1.165) is 37.6 Å². The van der Waals surface area contributed by atoms with Crippen molar-refractivity contribution in [3.8, 4) is 0 Å². The van der Waals surface area contributed by atoms with Crippen LogP contribution < -0.4 is 5.73 Å². The van der Waals surface area contributed by atoms with Crippen LogP contribution in [0.15, 0.2) is 6.07 Å². The van der Waals surface area contributed by atoms with E-state index in [0.29, 0.717) is 5.92 Å². The van der Waals surface area contributed by atoms with Gasteiger partial charge in [0, 0.05) is 25.1 Å². The van der Waals surface area contributed by atoms with Crippen LogP contribution >= 0.6 is 0 Å². The van der Waals surface area contributed by atoms with Crippen LogP contribution in [0.1, 0.15) is 43.6 Å². The van der Waals surface area contributed by atoms with E-state index in [2.05, 4.69) is 18.1 Å². The molecule has 2 unspecified atom stereocenters. The SMILES string of the molecule is CCn1nc(C2CCOC2)cc1C(C)N. The van der Waals surface area contributed by atoms with Crippen molar-refractivity contribution >= 4 is 0 Å². The van der Waals surface area contributed by atoms with E-state index in [9.17, 15) is 0 Å². The third kappa shape index (κ3) is 2.06. The van der Waals surface area contributed by atoms with E-state index < -0.39 is 0 Å². The Morgan fingerprint density at radius 1 is 1.73 bits per heavy atom. The molecule has 1 aliphatic rings. The molecule has 1 aliphatic heterocycles. The van der Waals surface area contributed by atoms with E-state index in [4.69, 9.17) is 10.5 Å². The Labute approximate surface area is 90.4 Å². The smallest absolute Gasteiger partial charge is 0.0682 e. The molecule has 1 fully saturated rings. The number of aryl methyl sites for hydroxylation is 1. The van der Waals surface area contributed by atoms with Crippen molar-refractivity contribution in [1.82, 2.24) is 9.78 Å². The van der Waals surface area contributed by atoms with Gasteiger partial charge in [-0.3, -0.25) is 4.68 Å². The van der Waals surface area contributed by atoms with Crippen molar-refractivity contribution in [2.24, 2.45) is 5.73 Å². The lowest BCUT2D eigenvalue weighted by Gasteiger charge is -2.06. The van der Waals surface area contributed by atoms with Crippen molar-refractivity contribution in [2.45, 2.75) is 38.8 Å². The fourth-order valence-corrected chi connectivity index (χ4v) is 2.04. The molecule has 15 heavy (non-hydrogen) atoms. The molecule has 0 saturated carbocycles. The van der Waals surface area contributed by atoms with E-state index in [1.165, 1.54) is 0 Å². The molecule has 84 valence electrons. The van der Waals surface area contributed by atoms with Crippen LogP contribution in [0.3, 0.4) is 0 Å². The summed E-state index contributed by atoms with van der Waals surface area (Å²) in [6.45, 7) is 6.63. The monoisotopic (exact) mass is 209 g/mol. The van der Waals surface area contributed by atoms with Crippen LogP contribution in [0.2, 0.25) is 0 Å². The molecule has 0 radical (unpaired) electrons. The quantitative estimate of drug-likeness (QED) is 0.819. The Bertz CT molecular complexity index is 327. The van der Waals surface area contributed by atoms with Gasteiger partial charge in [-0.25, -0.2) is 0 Å². The molecule has 2 atom stereocenters. The zero-order chi connectivity index (χ0) is 10.8. The fraction of sp³-hybridized carbons (Fsp3) is 0.727. The van der Waals surface area contributed by atoms with Gasteiger partial charge in [0.1, 0.15) is 0 Å². The fourth-order valence-electron chi connectivity index (χ4n) is 2.04. The number of ether oxygens (including phenoxy) is 1. The van der Waals surface area contributed by atoms with Crippen LogP contribution in [0.5, 0.6) is 0 Å². The number of hydrogen-bond acceptors (Lipinski definition) is 3. The van der Waals surface area contributed by atoms with Gasteiger partial charge in [0.25, 0.3) is 0 Å². The van der Waals surface area contributed by atoms with E-state index in [1.54, 1.807) is 0 Å². The Kier molecular flexibility index (Phi) is 3.07. The van der Waals surface area contributed by atoms with Crippen molar-refractivity contribution < 1.29 is 4.74 Å². The highest BCUT2D eigenvalue weighted by molar-refractivity contribution is 5.17. The first kappa shape index (κ1) is 10.6. The molecule has 0 aliphatic carbocycles. The van der Waals surface area contributed by atoms with Crippen molar-refractivity contribution in [3.63, 3.8) is 0 Å². The third-order valence-corrected chi connectivity index (χ3v) is 2.94. The lowest BCUT2D eigenvalue weighted by molar-refractivity contribution is 0.193. The summed E-state index contributed by atoms with van der Waals surface area (Å²) in [6, 6.07) is 2.18. The van der Waals surface area contributed by atoms with Gasteiger partial charge < -0.3 is 10.5 Å². The first-order chi connectivity index (χ1) is 7.22. The Morgan fingerprint density at radius 3 is 3.00 bits per heavy atom. The highest BCUT2D eigenvalue weighted by Gasteiger charge is 2.22. The largest absolute Gasteiger partial charge is 0.381 e. The Hall–Kier alpha value is -0.870. The second-order valence-corrected chi connectivity index (χ2v) is 4.16. The molecule has 0 amide bonds. The molecule has 0 spiro atoms. The zero-order valence-electron chi connectivity index (χ0n) is 9.44. The lowest BCUT2D eigenvalue weighted by Crippen LogP contribution is -2.12. The molecule has 1 saturated heterocycles. The molecule has 2 rings (SSSR count). The minimum atomic E-state index is 0.0496. The predicted molar refractivity (Wildman–Crippen MR) is 58.7 cm³/mol. The molecule has 0 aromatic carbocycles. The van der Waals surface area contributed by atoms with Gasteiger partial charge in [-0.2, -0.15) is 5.10 Å². The summed E-state index contributed by atoms with van der Waals surface area (Å²) < 4.78 is 7.37. The van der Waals surface area contributed by atoms with Gasteiger partial charge in [0.05, 0.1) is 18.0 Å². The maximum atomic E-state index is 5.91. The average molecular weight is 209 g/mol. The Balaban J connectivity index is 2.25. The minimum Gasteiger partial charge on any atom is -0.381 e. The van der Waals surface area contributed by atoms with Gasteiger partial charge in [0.15, 0.2) is 0 Å². The zero-order valence-corrected chi connectivity index (χ0v) is 9.44. The number of aromatic nitrogens is 2. The molecule has 1 aromatic heterocycles. The molecule has 0 bridgehead atoms. The van der Waals surface area contributed by atoms with Gasteiger partial charge in [-0.1, -0.05) is 0 Å². The summed E-state index contributed by atoms with van der Waals surface area (Å²) in [7, 11) is 0. The van der Waals surface area contributed by atoms with Crippen molar-refractivity contribution in [3.05, 3.63) is 17.5 Å². The van der Waals surface area contributed by atoms with Crippen molar-refractivity contribution in [1.29, 1.82) is 0 Å². The van der Waals surface area contributed by atoms with Crippen LogP contribution in [0, 0.1) is 0 Å². The highest BCUT2D eigenvalue weighted by atomic mass is 16.5. The minimum absolute atomic E-state index is 0.0496. The van der Waals surface area contributed by atoms with Gasteiger partial charge >= 0.3 is 0 Å². The number of nitrogens with two attached hydrogens (primary N) is 1. The van der Waals surface area contributed by atoms with E-state index >= 15 is 0 Å². The number of nitrogens with zero attached hydrogens (tertiary/aromatic N) is 2. The molecule has 2 N–H and O–H groups in total. The standard InChI is InChI=1S/C11H19N3O/c1-3-14-11(8(2)12)6-10(13-14)9-4-5-15-7-9/h6,8-9H,3-5,7,12H2,1-2H3. The van der Waals surface area contributed by atoms with Gasteiger partial charge in [-0.15, -0.1) is 0 Å². The van der Waals surface area contributed by atoms with Crippen LogP contribution in [0.4, 0.5) is 0 Å². The molecular formula is C11H19N3O. The van der Waals surface area contributed by atoms with Crippen LogP contribution in [-0.4, -0.2) is 23.0 Å². The normalized spacial score (nSPS) is 23.3. The first-order valence-corrected chi connectivity index (χ1v) is 5.63. The summed E-state index contributed by atoms with van der Waals surface area (Å²) in [6.07, 6.45) is 1.08. The maximum Gasteiger partial charge on any atom is 0.0682 e. The summed E-state index contributed by atoms with van der Waals surface area (Å²) >= 11 is 0. The van der Waals surface area contributed by atoms with E-state index in [1.807, 2.05) is 11.6 Å². The summed E-state index contributed by atoms with van der Waals surface area (Å²) in [4.78, 5) is 0. The highest BCUT2D eigenvalue weighted by Crippen LogP contribution is 2.26. The molecule has 4 heteroatoms. The average Bonchev–Trinajstić information content (AvgIpc) is 2.86. The predicted octanol–water partition coefficient (Wildman–Crippen LogP) is 1.43. The topological polar surface area (TPSA) is 53.1 Å². The number of rotatable bonds is 3. The van der Waals surface area contributed by atoms with Crippen molar-refractivity contribution in [2.75, 3.05) is 13.2 Å². The number of hydrogen-bond donors (Lipinski definition) is 1. The maximum absolute atomic E-state index is 5.91.